The Balaban J connectivity index is 2.45. The van der Waals surface area contributed by atoms with Gasteiger partial charge in [0.2, 0.25) is 0 Å². The third-order valence-corrected chi connectivity index (χ3v) is 3.84. The standard InChI is InChI=1S/C11H10FNS2/c1-7-10(6-14)15-11(13-7)8-3-2-4-9(12)5-8/h2-5,14H,6H2,1H3. The maximum absolute atomic E-state index is 13.0. The Kier molecular flexibility index (Phi) is 3.07. The Labute approximate surface area is 97.4 Å². The van der Waals surface area contributed by atoms with E-state index in [-0.39, 0.29) is 5.82 Å². The van der Waals surface area contributed by atoms with Gasteiger partial charge in [0.1, 0.15) is 10.8 Å². The maximum Gasteiger partial charge on any atom is 0.123 e. The summed E-state index contributed by atoms with van der Waals surface area (Å²) in [4.78, 5) is 5.53. The van der Waals surface area contributed by atoms with Crippen molar-refractivity contribution in [1.82, 2.24) is 4.98 Å². The molecule has 2 rings (SSSR count). The summed E-state index contributed by atoms with van der Waals surface area (Å²) in [7, 11) is 0. The first-order chi connectivity index (χ1) is 7.20. The van der Waals surface area contributed by atoms with E-state index in [9.17, 15) is 4.39 Å². The lowest BCUT2D eigenvalue weighted by Crippen LogP contribution is -1.79. The minimum Gasteiger partial charge on any atom is -0.241 e. The molecule has 1 aromatic heterocycles. The van der Waals surface area contributed by atoms with Gasteiger partial charge in [-0.15, -0.1) is 11.3 Å². The molecule has 0 saturated heterocycles. The van der Waals surface area contributed by atoms with E-state index in [1.54, 1.807) is 17.4 Å². The molecule has 0 atom stereocenters. The van der Waals surface area contributed by atoms with Crippen molar-refractivity contribution in [1.29, 1.82) is 0 Å². The lowest BCUT2D eigenvalue weighted by Gasteiger charge is -1.94. The number of aromatic nitrogens is 1. The number of benzene rings is 1. The van der Waals surface area contributed by atoms with Crippen molar-refractivity contribution in [2.24, 2.45) is 0 Å². The quantitative estimate of drug-likeness (QED) is 0.789. The van der Waals surface area contributed by atoms with Crippen molar-refractivity contribution in [3.63, 3.8) is 0 Å². The predicted octanol–water partition coefficient (Wildman–Crippen LogP) is 3.69. The van der Waals surface area contributed by atoms with Gasteiger partial charge < -0.3 is 0 Å². The Hall–Kier alpha value is -0.870. The molecule has 0 bridgehead atoms. The molecule has 1 heterocycles. The fourth-order valence-corrected chi connectivity index (χ4v) is 2.66. The normalized spacial score (nSPS) is 10.6. The predicted molar refractivity (Wildman–Crippen MR) is 64.9 cm³/mol. The molecule has 2 aromatic rings. The van der Waals surface area contributed by atoms with Gasteiger partial charge in [-0.05, 0) is 19.1 Å². The first kappa shape index (κ1) is 10.6. The molecule has 0 unspecified atom stereocenters. The number of rotatable bonds is 2. The minimum absolute atomic E-state index is 0.229. The first-order valence-electron chi connectivity index (χ1n) is 4.54. The number of halogens is 1. The number of hydrogen-bond acceptors (Lipinski definition) is 3. The van der Waals surface area contributed by atoms with Crippen molar-refractivity contribution in [2.45, 2.75) is 12.7 Å². The number of thiol groups is 1. The molecule has 0 aliphatic rings. The highest BCUT2D eigenvalue weighted by Gasteiger charge is 2.08. The van der Waals surface area contributed by atoms with Crippen LogP contribution in [0.15, 0.2) is 24.3 Å². The van der Waals surface area contributed by atoms with E-state index in [4.69, 9.17) is 0 Å². The summed E-state index contributed by atoms with van der Waals surface area (Å²) in [6, 6.07) is 6.50. The molecule has 15 heavy (non-hydrogen) atoms. The Morgan fingerprint density at radius 1 is 1.47 bits per heavy atom. The average molecular weight is 239 g/mol. The molecule has 0 saturated carbocycles. The van der Waals surface area contributed by atoms with Crippen LogP contribution in [0.1, 0.15) is 10.6 Å². The zero-order valence-electron chi connectivity index (χ0n) is 8.20. The van der Waals surface area contributed by atoms with Crippen LogP contribution in [0.4, 0.5) is 4.39 Å². The van der Waals surface area contributed by atoms with Gasteiger partial charge in [0.05, 0.1) is 5.69 Å². The Morgan fingerprint density at radius 2 is 2.27 bits per heavy atom. The van der Waals surface area contributed by atoms with E-state index in [0.29, 0.717) is 5.75 Å². The van der Waals surface area contributed by atoms with Crippen LogP contribution in [-0.2, 0) is 5.75 Å². The van der Waals surface area contributed by atoms with Crippen molar-refractivity contribution in [3.05, 3.63) is 40.7 Å². The van der Waals surface area contributed by atoms with Crippen LogP contribution in [0.3, 0.4) is 0 Å². The Bertz CT molecular complexity index is 479. The molecule has 78 valence electrons. The summed E-state index contributed by atoms with van der Waals surface area (Å²) in [5.74, 6) is 0.450. The summed E-state index contributed by atoms with van der Waals surface area (Å²) in [5, 5.41) is 0.857. The van der Waals surface area contributed by atoms with E-state index < -0.39 is 0 Å². The van der Waals surface area contributed by atoms with Gasteiger partial charge in [0.25, 0.3) is 0 Å². The van der Waals surface area contributed by atoms with Crippen molar-refractivity contribution < 1.29 is 4.39 Å². The van der Waals surface area contributed by atoms with E-state index in [2.05, 4.69) is 17.6 Å². The van der Waals surface area contributed by atoms with Gasteiger partial charge in [-0.1, -0.05) is 12.1 Å². The molecular formula is C11H10FNS2. The number of nitrogens with zero attached hydrogens (tertiary/aromatic N) is 1. The SMILES string of the molecule is Cc1nc(-c2cccc(F)c2)sc1CS. The summed E-state index contributed by atoms with van der Waals surface area (Å²) >= 11 is 5.79. The second-order valence-electron chi connectivity index (χ2n) is 3.20. The summed E-state index contributed by atoms with van der Waals surface area (Å²) in [6.45, 7) is 1.95. The molecule has 0 spiro atoms. The Morgan fingerprint density at radius 3 is 2.87 bits per heavy atom. The summed E-state index contributed by atoms with van der Waals surface area (Å²) in [6.07, 6.45) is 0. The van der Waals surface area contributed by atoms with Crippen LogP contribution >= 0.6 is 24.0 Å². The van der Waals surface area contributed by atoms with Crippen LogP contribution in [-0.4, -0.2) is 4.98 Å². The van der Waals surface area contributed by atoms with Gasteiger partial charge in [0, 0.05) is 16.2 Å². The summed E-state index contributed by atoms with van der Waals surface area (Å²) < 4.78 is 13.0. The molecule has 0 radical (unpaired) electrons. The van der Waals surface area contributed by atoms with Crippen LogP contribution in [0.2, 0.25) is 0 Å². The fraction of sp³-hybridized carbons (Fsp3) is 0.182. The highest BCUT2D eigenvalue weighted by atomic mass is 32.1. The lowest BCUT2D eigenvalue weighted by atomic mass is 10.2. The zero-order chi connectivity index (χ0) is 10.8. The van der Waals surface area contributed by atoms with Gasteiger partial charge in [-0.25, -0.2) is 9.37 Å². The molecule has 1 nitrogen and oxygen atoms in total. The van der Waals surface area contributed by atoms with Gasteiger partial charge in [-0.3, -0.25) is 0 Å². The first-order valence-corrected chi connectivity index (χ1v) is 5.98. The van der Waals surface area contributed by atoms with Crippen molar-refractivity contribution in [3.8, 4) is 10.6 Å². The number of thiazole rings is 1. The second-order valence-corrected chi connectivity index (χ2v) is 4.60. The molecule has 4 heteroatoms. The number of hydrogen-bond donors (Lipinski definition) is 1. The van der Waals surface area contributed by atoms with E-state index in [1.165, 1.54) is 12.1 Å². The van der Waals surface area contributed by atoms with Crippen LogP contribution in [0.25, 0.3) is 10.6 Å². The van der Waals surface area contributed by atoms with Gasteiger partial charge in [-0.2, -0.15) is 12.6 Å². The maximum atomic E-state index is 13.0. The largest absolute Gasteiger partial charge is 0.241 e. The topological polar surface area (TPSA) is 12.9 Å². The van der Waals surface area contributed by atoms with Crippen molar-refractivity contribution >= 4 is 24.0 Å². The smallest absolute Gasteiger partial charge is 0.123 e. The van der Waals surface area contributed by atoms with Crippen LogP contribution in [0.5, 0.6) is 0 Å². The highest BCUT2D eigenvalue weighted by Crippen LogP contribution is 2.28. The van der Waals surface area contributed by atoms with Gasteiger partial charge >= 0.3 is 0 Å². The van der Waals surface area contributed by atoms with Crippen LogP contribution in [0, 0.1) is 12.7 Å². The minimum atomic E-state index is -0.229. The number of aryl methyl sites for hydroxylation is 1. The molecule has 1 aromatic carbocycles. The summed E-state index contributed by atoms with van der Waals surface area (Å²) in [5.41, 5.74) is 1.81. The second kappa shape index (κ2) is 4.33. The monoisotopic (exact) mass is 239 g/mol. The van der Waals surface area contributed by atoms with E-state index >= 15 is 0 Å². The molecule has 0 N–H and O–H groups in total. The molecule has 0 amide bonds. The fourth-order valence-electron chi connectivity index (χ4n) is 1.32. The highest BCUT2D eigenvalue weighted by molar-refractivity contribution is 7.79. The lowest BCUT2D eigenvalue weighted by molar-refractivity contribution is 0.628. The molecular weight excluding hydrogens is 229 g/mol. The zero-order valence-corrected chi connectivity index (χ0v) is 9.91. The van der Waals surface area contributed by atoms with Crippen molar-refractivity contribution in [2.75, 3.05) is 0 Å². The molecule has 0 aliphatic heterocycles. The third kappa shape index (κ3) is 2.21. The van der Waals surface area contributed by atoms with Crippen LogP contribution < -0.4 is 0 Å². The third-order valence-electron chi connectivity index (χ3n) is 2.11. The van der Waals surface area contributed by atoms with E-state index in [1.807, 2.05) is 13.0 Å². The average Bonchev–Trinajstić information content (AvgIpc) is 2.60. The molecule has 0 fully saturated rings. The van der Waals surface area contributed by atoms with E-state index in [0.717, 1.165) is 21.1 Å². The molecule has 0 aliphatic carbocycles. The van der Waals surface area contributed by atoms with Gasteiger partial charge in [0.15, 0.2) is 0 Å².